The minimum absolute atomic E-state index is 0.0347. The van der Waals surface area contributed by atoms with Crippen LogP contribution in [-0.2, 0) is 4.74 Å². The molecule has 0 amide bonds. The molecule has 0 aliphatic heterocycles. The Labute approximate surface area is 114 Å². The summed E-state index contributed by atoms with van der Waals surface area (Å²) in [5, 5.41) is 3.45. The van der Waals surface area contributed by atoms with E-state index in [1.54, 1.807) is 24.3 Å². The number of carbonyl (C=O) groups is 1. The largest absolute Gasteiger partial charge is 0.463 e. The van der Waals surface area contributed by atoms with Crippen molar-refractivity contribution in [3.05, 3.63) is 41.3 Å². The van der Waals surface area contributed by atoms with Crippen molar-refractivity contribution in [2.45, 2.75) is 0 Å². The molecule has 98 valence electrons. The number of ether oxygens (including phenoxy) is 1. The lowest BCUT2D eigenvalue weighted by Crippen LogP contribution is -2.08. The maximum Gasteiger partial charge on any atom is 0.376 e. The fourth-order valence-electron chi connectivity index (χ4n) is 1.39. The van der Waals surface area contributed by atoms with E-state index in [4.69, 9.17) is 17.3 Å². The Morgan fingerprint density at radius 1 is 1.42 bits per heavy atom. The first-order chi connectivity index (χ1) is 9.10. The molecule has 0 aliphatic rings. The van der Waals surface area contributed by atoms with Gasteiger partial charge in [0.05, 0.1) is 17.8 Å². The van der Waals surface area contributed by atoms with Gasteiger partial charge in [-0.15, -0.1) is 0 Å². The zero-order valence-corrected chi connectivity index (χ0v) is 10.8. The molecule has 0 saturated heterocycles. The molecular formula is C12H11ClN4O2. The summed E-state index contributed by atoms with van der Waals surface area (Å²) < 4.78 is 4.55. The zero-order chi connectivity index (χ0) is 13.8. The van der Waals surface area contributed by atoms with E-state index in [-0.39, 0.29) is 5.82 Å². The van der Waals surface area contributed by atoms with Crippen LogP contribution in [0.2, 0.25) is 5.02 Å². The van der Waals surface area contributed by atoms with Crippen LogP contribution in [0.5, 0.6) is 0 Å². The Bertz CT molecular complexity index is 618. The molecule has 2 rings (SSSR count). The summed E-state index contributed by atoms with van der Waals surface area (Å²) in [4.78, 5) is 19.1. The van der Waals surface area contributed by atoms with Crippen LogP contribution in [0.3, 0.4) is 0 Å². The van der Waals surface area contributed by atoms with Crippen molar-refractivity contribution in [1.29, 1.82) is 0 Å². The normalized spacial score (nSPS) is 10.0. The highest BCUT2D eigenvalue weighted by molar-refractivity contribution is 6.33. The number of rotatable bonds is 3. The third-order valence-corrected chi connectivity index (χ3v) is 2.61. The molecule has 0 aliphatic carbocycles. The van der Waals surface area contributed by atoms with Gasteiger partial charge in [0.15, 0.2) is 0 Å². The number of hydrogen-bond acceptors (Lipinski definition) is 6. The van der Waals surface area contributed by atoms with Crippen LogP contribution in [-0.4, -0.2) is 23.0 Å². The van der Waals surface area contributed by atoms with Crippen LogP contribution >= 0.6 is 11.6 Å². The van der Waals surface area contributed by atoms with E-state index < -0.39 is 5.97 Å². The highest BCUT2D eigenvalue weighted by atomic mass is 35.5. The first kappa shape index (κ1) is 13.1. The molecular weight excluding hydrogens is 268 g/mol. The number of benzene rings is 1. The maximum absolute atomic E-state index is 11.3. The second-order valence-corrected chi connectivity index (χ2v) is 4.03. The van der Waals surface area contributed by atoms with E-state index in [2.05, 4.69) is 20.0 Å². The van der Waals surface area contributed by atoms with E-state index in [1.807, 2.05) is 0 Å². The van der Waals surface area contributed by atoms with E-state index in [0.29, 0.717) is 22.2 Å². The molecule has 19 heavy (non-hydrogen) atoms. The van der Waals surface area contributed by atoms with Crippen molar-refractivity contribution in [2.75, 3.05) is 18.2 Å². The number of anilines is 3. The van der Waals surface area contributed by atoms with Gasteiger partial charge >= 0.3 is 5.97 Å². The lowest BCUT2D eigenvalue weighted by molar-refractivity contribution is 0.0587. The molecule has 0 unspecified atom stereocenters. The molecule has 7 heteroatoms. The van der Waals surface area contributed by atoms with Gasteiger partial charge in [0, 0.05) is 11.9 Å². The number of nitrogens with two attached hydrogens (primary N) is 1. The number of hydrogen-bond donors (Lipinski definition) is 2. The van der Waals surface area contributed by atoms with Crippen molar-refractivity contribution in [1.82, 2.24) is 9.97 Å². The van der Waals surface area contributed by atoms with Gasteiger partial charge in [0.2, 0.25) is 5.82 Å². The number of methoxy groups -OCH3 is 1. The highest BCUT2D eigenvalue weighted by Gasteiger charge is 2.10. The Kier molecular flexibility index (Phi) is 3.82. The molecule has 3 N–H and O–H groups in total. The van der Waals surface area contributed by atoms with Crippen LogP contribution in [0.4, 0.5) is 17.2 Å². The number of nitrogens with zero attached hydrogens (tertiary/aromatic N) is 2. The summed E-state index contributed by atoms with van der Waals surface area (Å²) in [6.45, 7) is 0. The summed E-state index contributed by atoms with van der Waals surface area (Å²) in [6.07, 6.45) is 1.45. The molecule has 1 aromatic heterocycles. The first-order valence-corrected chi connectivity index (χ1v) is 5.71. The topological polar surface area (TPSA) is 90.1 Å². The van der Waals surface area contributed by atoms with Gasteiger partial charge < -0.3 is 15.8 Å². The van der Waals surface area contributed by atoms with Crippen molar-refractivity contribution < 1.29 is 9.53 Å². The van der Waals surface area contributed by atoms with Gasteiger partial charge in [0.25, 0.3) is 0 Å². The lowest BCUT2D eigenvalue weighted by Gasteiger charge is -2.08. The zero-order valence-electron chi connectivity index (χ0n) is 10.1. The molecule has 0 radical (unpaired) electrons. The minimum atomic E-state index is -0.609. The van der Waals surface area contributed by atoms with Crippen molar-refractivity contribution in [3.8, 4) is 0 Å². The predicted molar refractivity (Wildman–Crippen MR) is 72.5 cm³/mol. The molecule has 0 atom stereocenters. The summed E-state index contributed by atoms with van der Waals surface area (Å²) in [5.74, 6) is -0.224. The van der Waals surface area contributed by atoms with Crippen molar-refractivity contribution in [3.63, 3.8) is 0 Å². The molecule has 0 fully saturated rings. The third-order valence-electron chi connectivity index (χ3n) is 2.28. The van der Waals surface area contributed by atoms with E-state index in [1.165, 1.54) is 13.3 Å². The molecule has 0 saturated carbocycles. The Hall–Kier alpha value is -2.34. The van der Waals surface area contributed by atoms with E-state index in [0.717, 1.165) is 0 Å². The van der Waals surface area contributed by atoms with E-state index >= 15 is 0 Å². The third kappa shape index (κ3) is 3.11. The predicted octanol–water partition coefficient (Wildman–Crippen LogP) is 2.24. The smallest absolute Gasteiger partial charge is 0.376 e. The fraction of sp³-hybridized carbons (Fsp3) is 0.0833. The standard InChI is InChI=1S/C12H11ClN4O2/c1-19-12(18)11-15-5-4-10(17-11)16-9-6-7(14)2-3-8(9)13/h2-6H,14H2,1H3,(H,15,16,17). The molecule has 6 nitrogen and oxygen atoms in total. The molecule has 2 aromatic rings. The number of esters is 1. The van der Waals surface area contributed by atoms with E-state index in [9.17, 15) is 4.79 Å². The minimum Gasteiger partial charge on any atom is -0.463 e. The monoisotopic (exact) mass is 278 g/mol. The van der Waals surface area contributed by atoms with Gasteiger partial charge in [-0.3, -0.25) is 0 Å². The van der Waals surface area contributed by atoms with Crippen LogP contribution in [0.1, 0.15) is 10.6 Å². The summed E-state index contributed by atoms with van der Waals surface area (Å²) in [6, 6.07) is 6.63. The lowest BCUT2D eigenvalue weighted by atomic mass is 10.3. The van der Waals surface area contributed by atoms with Crippen molar-refractivity contribution >= 4 is 34.8 Å². The van der Waals surface area contributed by atoms with Crippen LogP contribution in [0.15, 0.2) is 30.5 Å². The number of nitrogens with one attached hydrogen (secondary N) is 1. The van der Waals surface area contributed by atoms with Crippen LogP contribution < -0.4 is 11.1 Å². The van der Waals surface area contributed by atoms with Crippen molar-refractivity contribution in [2.24, 2.45) is 0 Å². The SMILES string of the molecule is COC(=O)c1nccc(Nc2cc(N)ccc2Cl)n1. The van der Waals surface area contributed by atoms with Crippen LogP contribution in [0.25, 0.3) is 0 Å². The maximum atomic E-state index is 11.3. The highest BCUT2D eigenvalue weighted by Crippen LogP contribution is 2.26. The molecule has 0 spiro atoms. The van der Waals surface area contributed by atoms with Gasteiger partial charge in [0.1, 0.15) is 5.82 Å². The summed E-state index contributed by atoms with van der Waals surface area (Å²) in [5.41, 5.74) is 6.83. The average Bonchev–Trinajstić information content (AvgIpc) is 2.42. The summed E-state index contributed by atoms with van der Waals surface area (Å²) >= 11 is 6.02. The number of aromatic nitrogens is 2. The number of carbonyl (C=O) groups excluding carboxylic acids is 1. The number of nitrogen functional groups attached to an aromatic ring is 1. The Morgan fingerprint density at radius 2 is 2.21 bits per heavy atom. The fourth-order valence-corrected chi connectivity index (χ4v) is 1.56. The first-order valence-electron chi connectivity index (χ1n) is 5.33. The van der Waals surface area contributed by atoms with Gasteiger partial charge in [-0.1, -0.05) is 11.6 Å². The quantitative estimate of drug-likeness (QED) is 0.661. The Morgan fingerprint density at radius 3 is 2.95 bits per heavy atom. The van der Waals surface area contributed by atoms with Gasteiger partial charge in [-0.05, 0) is 24.3 Å². The Balaban J connectivity index is 2.28. The molecule has 1 heterocycles. The second-order valence-electron chi connectivity index (χ2n) is 3.62. The second kappa shape index (κ2) is 5.53. The number of halogens is 1. The van der Waals surface area contributed by atoms with Crippen LogP contribution in [0, 0.1) is 0 Å². The van der Waals surface area contributed by atoms with Gasteiger partial charge in [-0.25, -0.2) is 14.8 Å². The van der Waals surface area contributed by atoms with Gasteiger partial charge in [-0.2, -0.15) is 0 Å². The average molecular weight is 279 g/mol. The molecule has 0 bridgehead atoms. The summed E-state index contributed by atoms with van der Waals surface area (Å²) in [7, 11) is 1.26. The molecule has 1 aromatic carbocycles.